The molecule has 0 radical (unpaired) electrons. The third-order valence-electron chi connectivity index (χ3n) is 24.6. The number of fused-ring (bicyclic) bond motifs is 3. The van der Waals surface area contributed by atoms with Crippen molar-refractivity contribution in [1.82, 2.24) is 60.3 Å². The van der Waals surface area contributed by atoms with Gasteiger partial charge in [-0.3, -0.25) is 58.7 Å². The van der Waals surface area contributed by atoms with Gasteiger partial charge < -0.3 is 40.1 Å². The summed E-state index contributed by atoms with van der Waals surface area (Å²) in [5.41, 5.74) is 9.63. The van der Waals surface area contributed by atoms with E-state index in [1.54, 1.807) is 56.0 Å². The van der Waals surface area contributed by atoms with E-state index in [9.17, 15) is 62.7 Å². The third-order valence-corrected chi connectivity index (χ3v) is 24.6. The molecule has 9 aliphatic rings. The fraction of sp³-hybridized carbons (Fsp3) is 0.591. The smallest absolute Gasteiger partial charge is 0.378 e. The Morgan fingerprint density at radius 3 is 1.17 bits per heavy atom. The van der Waals surface area contributed by atoms with Crippen LogP contribution in [0.2, 0.25) is 0 Å². The van der Waals surface area contributed by atoms with Crippen molar-refractivity contribution in [2.75, 3.05) is 165 Å². The van der Waals surface area contributed by atoms with Gasteiger partial charge >= 0.3 is 12.4 Å². The number of nitrogens with zero attached hydrogens (tertiary/aromatic N) is 12. The number of hydrogen-bond donors (Lipinski definition) is 3. The number of aromatic nitrogens is 3. The average Bonchev–Trinajstić information content (AvgIpc) is 1.61. The molecule has 119 heavy (non-hydrogen) atoms. The number of benzene rings is 3. The fourth-order valence-electron chi connectivity index (χ4n) is 18.4. The molecule has 3 amide bonds. The molecule has 3 aromatic heterocycles. The molecule has 2 unspecified atom stereocenters. The van der Waals surface area contributed by atoms with E-state index in [0.29, 0.717) is 104 Å². The fourth-order valence-corrected chi connectivity index (χ4v) is 18.4. The van der Waals surface area contributed by atoms with Gasteiger partial charge in [-0.25, -0.2) is 22.0 Å². The lowest BCUT2D eigenvalue weighted by Crippen LogP contribution is -2.63. The van der Waals surface area contributed by atoms with E-state index < -0.39 is 37.0 Å². The zero-order valence-electron chi connectivity index (χ0n) is 69.6. The Balaban J connectivity index is 0.000000155. The largest absolute Gasteiger partial charge is 0.406 e. The molecule has 648 valence electrons. The van der Waals surface area contributed by atoms with Crippen molar-refractivity contribution >= 4 is 34.8 Å². The second-order valence-corrected chi connectivity index (χ2v) is 36.1. The van der Waals surface area contributed by atoms with E-state index in [-0.39, 0.29) is 160 Å². The molecule has 6 saturated heterocycles. The molecule has 0 bridgehead atoms. The average molecular weight is 1670 g/mol. The number of carbonyl (C=O) groups is 3. The zero-order valence-corrected chi connectivity index (χ0v) is 69.6. The molecule has 0 saturated carbocycles. The normalized spacial score (nSPS) is 25.6. The van der Waals surface area contributed by atoms with Crippen molar-refractivity contribution in [1.29, 1.82) is 0 Å². The Kier molecular flexibility index (Phi) is 27.8. The summed E-state index contributed by atoms with van der Waals surface area (Å²) in [6.07, 6.45) is 0.0337. The highest BCUT2D eigenvalue weighted by Gasteiger charge is 2.50. The van der Waals surface area contributed by atoms with Crippen LogP contribution in [0.3, 0.4) is 0 Å². The van der Waals surface area contributed by atoms with E-state index in [1.165, 1.54) is 41.3 Å². The van der Waals surface area contributed by atoms with Crippen LogP contribution in [0.25, 0.3) is 0 Å². The second kappa shape index (κ2) is 37.2. The first-order valence-corrected chi connectivity index (χ1v) is 41.7. The first kappa shape index (κ1) is 89.1. The number of rotatable bonds is 18. The predicted molar refractivity (Wildman–Crippen MR) is 435 cm³/mol. The van der Waals surface area contributed by atoms with Gasteiger partial charge in [-0.2, -0.15) is 26.3 Å². The number of carbonyl (C=O) groups excluding carboxylic acids is 3. The van der Waals surface area contributed by atoms with Gasteiger partial charge in [0.15, 0.2) is 0 Å². The predicted octanol–water partition coefficient (Wildman–Crippen LogP) is 10.9. The quantitative estimate of drug-likeness (QED) is 0.0693. The Labute approximate surface area is 690 Å². The first-order valence-electron chi connectivity index (χ1n) is 41.7. The number of nitrogens with one attached hydrogen (secondary N) is 3. The van der Waals surface area contributed by atoms with Crippen LogP contribution in [0, 0.1) is 17.5 Å². The van der Waals surface area contributed by atoms with E-state index >= 15 is 0 Å². The van der Waals surface area contributed by atoms with Crippen LogP contribution in [-0.4, -0.2) is 279 Å². The second-order valence-electron chi connectivity index (χ2n) is 36.1. The molecule has 6 fully saturated rings. The number of amides is 3. The van der Waals surface area contributed by atoms with Crippen molar-refractivity contribution in [3.8, 4) is 0 Å². The topological polar surface area (TPSA) is 174 Å². The van der Waals surface area contributed by atoms with Crippen LogP contribution < -0.4 is 30.7 Å². The molecule has 8 atom stereocenters. The number of likely N-dealkylation sites (tertiary alicyclic amines) is 1. The summed E-state index contributed by atoms with van der Waals surface area (Å²) < 4.78 is 161. The van der Waals surface area contributed by atoms with E-state index in [0.717, 1.165) is 73.9 Å². The summed E-state index contributed by atoms with van der Waals surface area (Å²) >= 11 is 0. The highest BCUT2D eigenvalue weighted by Crippen LogP contribution is 2.44. The van der Waals surface area contributed by atoms with Crippen LogP contribution in [0.15, 0.2) is 110 Å². The molecule has 6 aromatic rings. The number of ether oxygens (including phenoxy) is 2. The van der Waals surface area contributed by atoms with Gasteiger partial charge in [-0.15, -0.1) is 0 Å². The van der Waals surface area contributed by atoms with Crippen molar-refractivity contribution in [3.05, 3.63) is 178 Å². The third kappa shape index (κ3) is 22.4. The van der Waals surface area contributed by atoms with E-state index in [2.05, 4.69) is 74.2 Å². The van der Waals surface area contributed by atoms with Crippen molar-refractivity contribution in [3.63, 3.8) is 0 Å². The lowest BCUT2D eigenvalue weighted by atomic mass is 9.91. The van der Waals surface area contributed by atoms with Crippen molar-refractivity contribution in [2.45, 2.75) is 184 Å². The first-order chi connectivity index (χ1) is 56.3. The molecule has 0 aliphatic carbocycles. The number of halogens is 11. The summed E-state index contributed by atoms with van der Waals surface area (Å²) in [7, 11) is 0. The number of pyridine rings is 3. The Morgan fingerprint density at radius 1 is 0.445 bits per heavy atom. The van der Waals surface area contributed by atoms with Gasteiger partial charge in [-0.05, 0) is 147 Å². The van der Waals surface area contributed by atoms with Crippen LogP contribution >= 0.6 is 0 Å². The molecular weight excluding hydrogens is 1560 g/mol. The molecule has 3 aromatic carbocycles. The summed E-state index contributed by atoms with van der Waals surface area (Å²) in [6, 6.07) is 21.9. The van der Waals surface area contributed by atoms with E-state index in [4.69, 9.17) is 24.4 Å². The summed E-state index contributed by atoms with van der Waals surface area (Å²) in [6.45, 7) is 25.2. The molecule has 12 heterocycles. The van der Waals surface area contributed by atoms with Crippen LogP contribution in [0.1, 0.15) is 132 Å². The minimum Gasteiger partial charge on any atom is -0.378 e. The maximum Gasteiger partial charge on any atom is 0.406 e. The molecule has 15 rings (SSSR count). The summed E-state index contributed by atoms with van der Waals surface area (Å²) in [4.78, 5) is 72.1. The summed E-state index contributed by atoms with van der Waals surface area (Å²) in [5.74, 6) is -3.93. The highest BCUT2D eigenvalue weighted by atomic mass is 19.4. The SMILES string of the molecule is C[C@@H]1CN(CC(=O)N2CC(C)(C)c3ncc(Cc4ccc(F)cc4)cc32)[C@@H](CN2CCCCC2C(F)(F)F)CN1.C[C@@H]1CN(CC(=O)N2CC(C)(C)c3ncc(Cc4ccc(F)cc4)cc32)[C@@H](CN2CCOCC(F)(F)C2)CN1.C[C@@H]1CN(CC(=O)N2CC(C)(C)c3ncc(Cc4ccc(F)cc4)cc32)[C@@H](CN2CCOCC2C(F)(F)F)CN1. The molecule has 3 N–H and O–H groups in total. The number of piperazine rings is 3. The van der Waals surface area contributed by atoms with Gasteiger partial charge in [0.1, 0.15) is 36.1 Å². The number of morpholine rings is 1. The van der Waals surface area contributed by atoms with Crippen LogP contribution in [-0.2, 0) is 59.4 Å². The lowest BCUT2D eigenvalue weighted by molar-refractivity contribution is -0.213. The van der Waals surface area contributed by atoms with Gasteiger partial charge in [0, 0.05) is 163 Å². The molecule has 0 spiro atoms. The van der Waals surface area contributed by atoms with E-state index in [1.807, 2.05) is 60.4 Å². The van der Waals surface area contributed by atoms with Crippen molar-refractivity contribution < 1.29 is 72.2 Å². The Bertz CT molecular complexity index is 4280. The lowest BCUT2D eigenvalue weighted by Gasteiger charge is -2.44. The molecular formula is C88H114F11N15O5. The van der Waals surface area contributed by atoms with Crippen LogP contribution in [0.5, 0.6) is 0 Å². The number of piperidine rings is 1. The maximum atomic E-state index is 14.2. The van der Waals surface area contributed by atoms with Gasteiger partial charge in [0.2, 0.25) is 17.7 Å². The molecule has 31 heteroatoms. The van der Waals surface area contributed by atoms with Gasteiger partial charge in [-0.1, -0.05) is 84.4 Å². The highest BCUT2D eigenvalue weighted by molar-refractivity contribution is 5.99. The van der Waals surface area contributed by atoms with Gasteiger partial charge in [0.25, 0.3) is 5.92 Å². The number of hydrogen-bond acceptors (Lipinski definition) is 17. The Morgan fingerprint density at radius 2 is 0.798 bits per heavy atom. The number of anilines is 3. The van der Waals surface area contributed by atoms with Gasteiger partial charge in [0.05, 0.1) is 80.1 Å². The standard InChI is InChI=1S/C30H39F4N5O.C29H37F4N5O2.C29H38F3N5O2/c1-20-16-38(24(15-35-20)17-37-11-5-4-6-26(37)30(32,33)34)18-27(40)39-19-29(2,3)28-25(39)13-22(14-36-28)12-21-7-9-23(31)10-8-21;1-19-14-37(23(13-34-19)15-36-8-9-40-17-25(36)29(31,32)33)16-26(39)38-18-28(2,3)27-24(38)11-21(12-35-27)10-20-4-6-22(30)7-5-20;1-20-14-36(24(13-33-20)15-35-8-9-39-19-29(31,32)18-35)16-26(38)37-17-28(2,3)27-25(37)11-22(12-34-27)10-21-4-6-23(30)7-5-21/h7-10,13-14,20,24,26,35H,4-6,11-12,15-19H2,1-3H3;4-7,11-12,19,23,25,34H,8-10,13-18H2,1-3H3;4-7,11-12,20,24,33H,8-10,13-19H2,1-3H3/t20-,24-,26?;19-,23-,25?;20-,24-/m111/s1. The zero-order chi connectivity index (χ0) is 85.1. The molecule has 20 nitrogen and oxygen atoms in total. The Hall–Kier alpha value is -7.69. The van der Waals surface area contributed by atoms with Crippen LogP contribution in [0.4, 0.5) is 65.4 Å². The molecule has 9 aliphatic heterocycles. The minimum absolute atomic E-state index is 0.0220. The summed E-state index contributed by atoms with van der Waals surface area (Å²) in [5, 5.41) is 10.2. The minimum atomic E-state index is -4.38. The monoisotopic (exact) mass is 1670 g/mol. The van der Waals surface area contributed by atoms with Crippen molar-refractivity contribution in [2.24, 2.45) is 0 Å². The number of alkyl halides is 8. The maximum absolute atomic E-state index is 14.2.